The van der Waals surface area contributed by atoms with E-state index >= 15 is 0 Å². The van der Waals surface area contributed by atoms with Crippen LogP contribution in [0, 0.1) is 5.92 Å². The summed E-state index contributed by atoms with van der Waals surface area (Å²) in [6.45, 7) is 6.47. The topological polar surface area (TPSA) is 38.8 Å². The van der Waals surface area contributed by atoms with Crippen molar-refractivity contribution < 1.29 is 14.3 Å². The minimum Gasteiger partial charge on any atom is -0.491 e. The van der Waals surface area contributed by atoms with Crippen LogP contribution >= 0.6 is 0 Å². The third kappa shape index (κ3) is 3.40. The average Bonchev–Trinajstić information content (AvgIpc) is 2.62. The van der Waals surface area contributed by atoms with Gasteiger partial charge >= 0.3 is 5.97 Å². The molecule has 4 nitrogen and oxygen atoms in total. The second-order valence-corrected chi connectivity index (χ2v) is 4.77. The van der Waals surface area contributed by atoms with Crippen LogP contribution in [0.3, 0.4) is 0 Å². The van der Waals surface area contributed by atoms with Crippen LogP contribution < -0.4 is 9.64 Å². The van der Waals surface area contributed by atoms with E-state index in [0.717, 1.165) is 31.0 Å². The molecule has 1 aromatic rings. The SMILES string of the molecule is CCOC(=O)C(C)CN1CCCOc2ccccc21. The Labute approximate surface area is 114 Å². The summed E-state index contributed by atoms with van der Waals surface area (Å²) in [6, 6.07) is 7.98. The summed E-state index contributed by atoms with van der Waals surface area (Å²) in [6.07, 6.45) is 0.963. The number of hydrogen-bond donors (Lipinski definition) is 0. The molecule has 0 bridgehead atoms. The molecule has 1 unspecified atom stereocenters. The lowest BCUT2D eigenvalue weighted by molar-refractivity contribution is -0.147. The molecule has 1 aromatic carbocycles. The Bertz CT molecular complexity index is 433. The van der Waals surface area contributed by atoms with Gasteiger partial charge in [0.1, 0.15) is 5.75 Å². The minimum atomic E-state index is -0.134. The summed E-state index contributed by atoms with van der Waals surface area (Å²) in [4.78, 5) is 13.9. The van der Waals surface area contributed by atoms with Crippen molar-refractivity contribution in [3.8, 4) is 5.75 Å². The third-order valence-electron chi connectivity index (χ3n) is 3.22. The van der Waals surface area contributed by atoms with Gasteiger partial charge in [0.2, 0.25) is 0 Å². The van der Waals surface area contributed by atoms with Gasteiger partial charge in [-0.25, -0.2) is 0 Å². The molecule has 0 amide bonds. The van der Waals surface area contributed by atoms with E-state index in [1.807, 2.05) is 38.1 Å². The van der Waals surface area contributed by atoms with E-state index in [9.17, 15) is 4.79 Å². The maximum absolute atomic E-state index is 11.7. The molecule has 0 aromatic heterocycles. The largest absolute Gasteiger partial charge is 0.491 e. The van der Waals surface area contributed by atoms with E-state index in [1.165, 1.54) is 0 Å². The molecule has 0 radical (unpaired) electrons. The number of nitrogens with zero attached hydrogens (tertiary/aromatic N) is 1. The fourth-order valence-electron chi connectivity index (χ4n) is 2.28. The van der Waals surface area contributed by atoms with Crippen molar-refractivity contribution >= 4 is 11.7 Å². The van der Waals surface area contributed by atoms with Crippen LogP contribution in [0.15, 0.2) is 24.3 Å². The lowest BCUT2D eigenvalue weighted by Crippen LogP contribution is -2.33. The second-order valence-electron chi connectivity index (χ2n) is 4.77. The molecule has 1 heterocycles. The van der Waals surface area contributed by atoms with Gasteiger partial charge in [-0.2, -0.15) is 0 Å². The summed E-state index contributed by atoms with van der Waals surface area (Å²) >= 11 is 0. The molecule has 0 saturated heterocycles. The number of esters is 1. The first kappa shape index (κ1) is 13.7. The van der Waals surface area contributed by atoms with Gasteiger partial charge in [-0.05, 0) is 25.5 Å². The van der Waals surface area contributed by atoms with Crippen LogP contribution in [-0.2, 0) is 9.53 Å². The third-order valence-corrected chi connectivity index (χ3v) is 3.22. The molecule has 0 saturated carbocycles. The summed E-state index contributed by atoms with van der Waals surface area (Å²) in [5, 5.41) is 0. The van der Waals surface area contributed by atoms with Gasteiger partial charge in [0.05, 0.1) is 24.8 Å². The standard InChI is InChI=1S/C15H21NO3/c1-3-18-15(17)12(2)11-16-9-6-10-19-14-8-5-4-7-13(14)16/h4-5,7-8,12H,3,6,9-11H2,1-2H3. The van der Waals surface area contributed by atoms with Crippen LogP contribution in [0.4, 0.5) is 5.69 Å². The molecule has 0 spiro atoms. The van der Waals surface area contributed by atoms with E-state index in [-0.39, 0.29) is 11.9 Å². The van der Waals surface area contributed by atoms with Crippen LogP contribution in [0.25, 0.3) is 0 Å². The maximum Gasteiger partial charge on any atom is 0.310 e. The average molecular weight is 263 g/mol. The molecule has 1 aliphatic heterocycles. The lowest BCUT2D eigenvalue weighted by Gasteiger charge is -2.26. The zero-order valence-electron chi connectivity index (χ0n) is 11.6. The first-order chi connectivity index (χ1) is 9.22. The van der Waals surface area contributed by atoms with E-state index < -0.39 is 0 Å². The smallest absolute Gasteiger partial charge is 0.310 e. The van der Waals surface area contributed by atoms with E-state index in [0.29, 0.717) is 13.2 Å². The zero-order chi connectivity index (χ0) is 13.7. The van der Waals surface area contributed by atoms with Gasteiger partial charge in [-0.1, -0.05) is 19.1 Å². The Kier molecular flexibility index (Phi) is 4.66. The second kappa shape index (κ2) is 6.45. The normalized spacial score (nSPS) is 16.0. The predicted octanol–water partition coefficient (Wildman–Crippen LogP) is 2.47. The molecule has 1 aliphatic rings. The summed E-state index contributed by atoms with van der Waals surface area (Å²) < 4.78 is 10.8. The van der Waals surface area contributed by atoms with Crippen molar-refractivity contribution in [2.45, 2.75) is 20.3 Å². The van der Waals surface area contributed by atoms with Crippen LogP contribution in [0.2, 0.25) is 0 Å². The minimum absolute atomic E-state index is 0.133. The highest BCUT2D eigenvalue weighted by atomic mass is 16.5. The number of hydrogen-bond acceptors (Lipinski definition) is 4. The Hall–Kier alpha value is -1.71. The number of carbonyl (C=O) groups excluding carboxylic acids is 1. The Morgan fingerprint density at radius 3 is 3.05 bits per heavy atom. The molecule has 0 N–H and O–H groups in total. The van der Waals surface area contributed by atoms with Gasteiger partial charge in [0.15, 0.2) is 0 Å². The highest BCUT2D eigenvalue weighted by Gasteiger charge is 2.21. The van der Waals surface area contributed by atoms with Gasteiger partial charge in [0.25, 0.3) is 0 Å². The lowest BCUT2D eigenvalue weighted by atomic mass is 10.1. The highest BCUT2D eigenvalue weighted by Crippen LogP contribution is 2.30. The first-order valence-corrected chi connectivity index (χ1v) is 6.85. The monoisotopic (exact) mass is 263 g/mol. The van der Waals surface area contributed by atoms with Gasteiger partial charge in [0, 0.05) is 13.1 Å². The maximum atomic E-state index is 11.7. The van der Waals surface area contributed by atoms with Crippen molar-refractivity contribution in [1.29, 1.82) is 0 Å². The first-order valence-electron chi connectivity index (χ1n) is 6.85. The summed E-state index contributed by atoms with van der Waals surface area (Å²) in [7, 11) is 0. The Morgan fingerprint density at radius 2 is 2.26 bits per heavy atom. The van der Waals surface area contributed by atoms with Crippen molar-refractivity contribution in [3.05, 3.63) is 24.3 Å². The number of para-hydroxylation sites is 2. The van der Waals surface area contributed by atoms with Gasteiger partial charge in [-0.15, -0.1) is 0 Å². The van der Waals surface area contributed by atoms with Crippen LogP contribution in [0.1, 0.15) is 20.3 Å². The fraction of sp³-hybridized carbons (Fsp3) is 0.533. The van der Waals surface area contributed by atoms with E-state index in [4.69, 9.17) is 9.47 Å². The van der Waals surface area contributed by atoms with Crippen LogP contribution in [0.5, 0.6) is 5.75 Å². The van der Waals surface area contributed by atoms with Gasteiger partial charge in [-0.3, -0.25) is 4.79 Å². The highest BCUT2D eigenvalue weighted by molar-refractivity contribution is 5.73. The number of anilines is 1. The molecule has 19 heavy (non-hydrogen) atoms. The van der Waals surface area contributed by atoms with Crippen LogP contribution in [-0.4, -0.2) is 32.3 Å². The van der Waals surface area contributed by atoms with Crippen molar-refractivity contribution in [2.24, 2.45) is 5.92 Å². The fourth-order valence-corrected chi connectivity index (χ4v) is 2.28. The molecule has 4 heteroatoms. The summed E-state index contributed by atoms with van der Waals surface area (Å²) in [5.74, 6) is 0.632. The molecule has 0 aliphatic carbocycles. The number of carbonyl (C=O) groups is 1. The van der Waals surface area contributed by atoms with Crippen molar-refractivity contribution in [3.63, 3.8) is 0 Å². The Morgan fingerprint density at radius 1 is 1.47 bits per heavy atom. The number of rotatable bonds is 4. The van der Waals surface area contributed by atoms with Crippen molar-refractivity contribution in [1.82, 2.24) is 0 Å². The molecule has 0 fully saturated rings. The number of benzene rings is 1. The molecule has 2 rings (SSSR count). The predicted molar refractivity (Wildman–Crippen MR) is 74.6 cm³/mol. The molecule has 104 valence electrons. The van der Waals surface area contributed by atoms with E-state index in [2.05, 4.69) is 4.90 Å². The molecular weight excluding hydrogens is 242 g/mol. The summed E-state index contributed by atoms with van der Waals surface area (Å²) in [5.41, 5.74) is 1.07. The molecule has 1 atom stereocenters. The Balaban J connectivity index is 2.09. The molecular formula is C15H21NO3. The zero-order valence-corrected chi connectivity index (χ0v) is 11.6. The van der Waals surface area contributed by atoms with E-state index in [1.54, 1.807) is 0 Å². The number of fused-ring (bicyclic) bond motifs is 1. The van der Waals surface area contributed by atoms with Gasteiger partial charge < -0.3 is 14.4 Å². The quantitative estimate of drug-likeness (QED) is 0.782. The number of ether oxygens (including phenoxy) is 2. The van der Waals surface area contributed by atoms with Crippen molar-refractivity contribution in [2.75, 3.05) is 31.2 Å².